The molecule has 0 unspecified atom stereocenters. The van der Waals surface area contributed by atoms with Crippen LogP contribution in [0.4, 0.5) is 0 Å². The fraction of sp³-hybridized carbons (Fsp3) is 0.652. The van der Waals surface area contributed by atoms with E-state index in [1.165, 1.54) is 0 Å². The number of rotatable bonds is 8. The Bertz CT molecular complexity index is 888. The lowest BCUT2D eigenvalue weighted by molar-refractivity contribution is 0.0490. The molecule has 4 rings (SSSR count). The quantitative estimate of drug-likeness (QED) is 0.669. The number of amides is 1. The van der Waals surface area contributed by atoms with Crippen LogP contribution in [0.5, 0.6) is 5.88 Å². The molecule has 0 atom stereocenters. The Morgan fingerprint density at radius 3 is 2.66 bits per heavy atom. The number of piperidine rings is 1. The predicted octanol–water partition coefficient (Wildman–Crippen LogP) is 2.14. The zero-order chi connectivity index (χ0) is 22.3. The van der Waals surface area contributed by atoms with Crippen LogP contribution in [0.3, 0.4) is 0 Å². The predicted molar refractivity (Wildman–Crippen MR) is 120 cm³/mol. The summed E-state index contributed by atoms with van der Waals surface area (Å²) in [7, 11) is 1.88. The summed E-state index contributed by atoms with van der Waals surface area (Å²) in [5.74, 6) is 1.61. The molecule has 0 radical (unpaired) electrons. The van der Waals surface area contributed by atoms with Gasteiger partial charge in [0.1, 0.15) is 11.4 Å². The average Bonchev–Trinajstić information content (AvgIpc) is 3.28. The smallest absolute Gasteiger partial charge is 0.270 e. The van der Waals surface area contributed by atoms with E-state index < -0.39 is 0 Å². The molecule has 4 heterocycles. The highest BCUT2D eigenvalue weighted by Gasteiger charge is 2.21. The van der Waals surface area contributed by atoms with Crippen molar-refractivity contribution in [3.05, 3.63) is 24.3 Å². The maximum atomic E-state index is 13.0. The van der Waals surface area contributed by atoms with Crippen molar-refractivity contribution in [1.82, 2.24) is 29.7 Å². The summed E-state index contributed by atoms with van der Waals surface area (Å²) in [6.07, 6.45) is 7.56. The number of hydrogen-bond donors (Lipinski definition) is 1. The topological polar surface area (TPSA) is 94.4 Å². The van der Waals surface area contributed by atoms with Gasteiger partial charge in [0.2, 0.25) is 5.88 Å². The number of likely N-dealkylation sites (tertiary alicyclic amines) is 1. The SMILES string of the molecule is CCN1CCC(CNC(=O)c2cc(OCC3CCOCC3)nc(-c3cncn3C)n2)CC1. The van der Waals surface area contributed by atoms with Gasteiger partial charge in [-0.3, -0.25) is 4.79 Å². The first kappa shape index (κ1) is 22.7. The highest BCUT2D eigenvalue weighted by atomic mass is 16.5. The fourth-order valence-electron chi connectivity index (χ4n) is 4.25. The van der Waals surface area contributed by atoms with Crippen LogP contribution in [0.2, 0.25) is 0 Å². The molecule has 2 fully saturated rings. The molecule has 1 amide bonds. The summed E-state index contributed by atoms with van der Waals surface area (Å²) in [6, 6.07) is 1.65. The largest absolute Gasteiger partial charge is 0.477 e. The molecule has 9 nitrogen and oxygen atoms in total. The van der Waals surface area contributed by atoms with Crippen molar-refractivity contribution in [1.29, 1.82) is 0 Å². The van der Waals surface area contributed by atoms with Crippen LogP contribution < -0.4 is 10.1 Å². The van der Waals surface area contributed by atoms with Crippen molar-refractivity contribution < 1.29 is 14.3 Å². The molecule has 2 aromatic rings. The van der Waals surface area contributed by atoms with Crippen LogP contribution in [0.25, 0.3) is 11.5 Å². The lowest BCUT2D eigenvalue weighted by Gasteiger charge is -2.31. The van der Waals surface area contributed by atoms with E-state index in [0.717, 1.165) is 64.2 Å². The summed E-state index contributed by atoms with van der Waals surface area (Å²) >= 11 is 0. The van der Waals surface area contributed by atoms with Crippen LogP contribution >= 0.6 is 0 Å². The van der Waals surface area contributed by atoms with E-state index in [9.17, 15) is 4.79 Å². The molecule has 0 bridgehead atoms. The van der Waals surface area contributed by atoms with Gasteiger partial charge in [0.25, 0.3) is 5.91 Å². The molecule has 0 aliphatic carbocycles. The van der Waals surface area contributed by atoms with E-state index in [0.29, 0.717) is 42.4 Å². The Labute approximate surface area is 189 Å². The summed E-state index contributed by atoms with van der Waals surface area (Å²) in [4.78, 5) is 28.7. The second kappa shape index (κ2) is 10.9. The van der Waals surface area contributed by atoms with Gasteiger partial charge < -0.3 is 24.3 Å². The van der Waals surface area contributed by atoms with Gasteiger partial charge >= 0.3 is 0 Å². The van der Waals surface area contributed by atoms with E-state index in [4.69, 9.17) is 9.47 Å². The number of aryl methyl sites for hydroxylation is 1. The minimum atomic E-state index is -0.190. The molecule has 0 aromatic carbocycles. The number of aromatic nitrogens is 4. The van der Waals surface area contributed by atoms with Gasteiger partial charge in [0.15, 0.2) is 5.82 Å². The molecule has 32 heavy (non-hydrogen) atoms. The molecule has 2 aliphatic heterocycles. The number of ether oxygens (including phenoxy) is 2. The molecule has 174 valence electrons. The van der Waals surface area contributed by atoms with Crippen molar-refractivity contribution in [3.8, 4) is 17.4 Å². The number of imidazole rings is 1. The maximum absolute atomic E-state index is 13.0. The molecular weight excluding hydrogens is 408 g/mol. The third-order valence-corrected chi connectivity index (χ3v) is 6.49. The van der Waals surface area contributed by atoms with Crippen LogP contribution in [0.15, 0.2) is 18.6 Å². The second-order valence-corrected chi connectivity index (χ2v) is 8.76. The number of carbonyl (C=O) groups excluding carboxylic acids is 1. The van der Waals surface area contributed by atoms with E-state index in [1.54, 1.807) is 18.6 Å². The molecule has 9 heteroatoms. The van der Waals surface area contributed by atoms with Crippen molar-refractivity contribution in [2.45, 2.75) is 32.6 Å². The summed E-state index contributed by atoms with van der Waals surface area (Å²) in [5, 5.41) is 3.08. The van der Waals surface area contributed by atoms with Gasteiger partial charge in [-0.2, -0.15) is 4.98 Å². The molecule has 2 aromatic heterocycles. The Hall–Kier alpha value is -2.52. The summed E-state index contributed by atoms with van der Waals surface area (Å²) in [5.41, 5.74) is 1.06. The van der Waals surface area contributed by atoms with E-state index in [-0.39, 0.29) is 5.91 Å². The molecule has 0 spiro atoms. The van der Waals surface area contributed by atoms with Gasteiger partial charge in [-0.25, -0.2) is 9.97 Å². The lowest BCUT2D eigenvalue weighted by Crippen LogP contribution is -2.38. The summed E-state index contributed by atoms with van der Waals surface area (Å²) in [6.45, 7) is 8.23. The van der Waals surface area contributed by atoms with Crippen molar-refractivity contribution >= 4 is 5.91 Å². The third kappa shape index (κ3) is 5.83. The van der Waals surface area contributed by atoms with Crippen molar-refractivity contribution in [3.63, 3.8) is 0 Å². The van der Waals surface area contributed by atoms with E-state index in [2.05, 4.69) is 32.1 Å². The van der Waals surface area contributed by atoms with Crippen LogP contribution in [-0.2, 0) is 11.8 Å². The highest BCUT2D eigenvalue weighted by molar-refractivity contribution is 5.92. The molecule has 2 aliphatic rings. The number of nitrogens with one attached hydrogen (secondary N) is 1. The fourth-order valence-corrected chi connectivity index (χ4v) is 4.25. The molecule has 1 N–H and O–H groups in total. The number of nitrogens with zero attached hydrogens (tertiary/aromatic N) is 5. The summed E-state index contributed by atoms with van der Waals surface area (Å²) < 4.78 is 13.3. The van der Waals surface area contributed by atoms with Crippen molar-refractivity contribution in [2.24, 2.45) is 18.9 Å². The minimum Gasteiger partial charge on any atom is -0.477 e. The van der Waals surface area contributed by atoms with Crippen molar-refractivity contribution in [2.75, 3.05) is 46.0 Å². The normalized spacial score (nSPS) is 18.6. The monoisotopic (exact) mass is 442 g/mol. The molecule has 2 saturated heterocycles. The highest BCUT2D eigenvalue weighted by Crippen LogP contribution is 2.21. The van der Waals surface area contributed by atoms with Gasteiger partial charge in [-0.05, 0) is 57.2 Å². The Morgan fingerprint density at radius 1 is 1.19 bits per heavy atom. The molecular formula is C23H34N6O3. The van der Waals surface area contributed by atoms with E-state index in [1.807, 2.05) is 11.6 Å². The lowest BCUT2D eigenvalue weighted by atomic mass is 9.97. The van der Waals surface area contributed by atoms with Gasteiger partial charge in [-0.15, -0.1) is 0 Å². The zero-order valence-electron chi connectivity index (χ0n) is 19.1. The van der Waals surface area contributed by atoms with Crippen LogP contribution in [0, 0.1) is 11.8 Å². The first-order valence-electron chi connectivity index (χ1n) is 11.7. The third-order valence-electron chi connectivity index (χ3n) is 6.49. The Kier molecular flexibility index (Phi) is 7.70. The van der Waals surface area contributed by atoms with Crippen LogP contribution in [0.1, 0.15) is 43.1 Å². The van der Waals surface area contributed by atoms with Crippen LogP contribution in [-0.4, -0.2) is 76.3 Å². The first-order valence-corrected chi connectivity index (χ1v) is 11.7. The standard InChI is InChI=1S/C23H34N6O3/c1-3-29-8-4-17(5-9-29)13-25-23(30)19-12-21(32-15-18-6-10-31-11-7-18)27-22(26-19)20-14-24-16-28(20)2/h12,14,16-18H,3-11,13,15H2,1-2H3,(H,25,30). The Morgan fingerprint density at radius 2 is 1.97 bits per heavy atom. The van der Waals surface area contributed by atoms with Gasteiger partial charge in [-0.1, -0.05) is 6.92 Å². The van der Waals surface area contributed by atoms with E-state index >= 15 is 0 Å². The Balaban J connectivity index is 1.44. The van der Waals surface area contributed by atoms with Gasteiger partial charge in [0.05, 0.1) is 19.1 Å². The number of hydrogen-bond acceptors (Lipinski definition) is 7. The van der Waals surface area contributed by atoms with Gasteiger partial charge in [0, 0.05) is 32.9 Å². The second-order valence-electron chi connectivity index (χ2n) is 8.76. The average molecular weight is 443 g/mol. The maximum Gasteiger partial charge on any atom is 0.270 e. The zero-order valence-corrected chi connectivity index (χ0v) is 19.1. The first-order chi connectivity index (χ1) is 15.6. The number of carbonyl (C=O) groups is 1. The molecule has 0 saturated carbocycles. The minimum absolute atomic E-state index is 0.190.